The molecule has 0 aromatic heterocycles. The first-order chi connectivity index (χ1) is 3.72. The Kier molecular flexibility index (Phi) is 6.61. The lowest BCUT2D eigenvalue weighted by Gasteiger charge is -2.20. The first-order valence-electron chi connectivity index (χ1n) is 2.68. The molecule has 0 rings (SSSR count). The number of carboxylic acid groups (broad SMARTS) is 1. The van der Waals surface area contributed by atoms with Crippen LogP contribution in [0, 0.1) is 0 Å². The van der Waals surface area contributed by atoms with E-state index in [9.17, 15) is 9.90 Å². The molecule has 9 heavy (non-hydrogen) atoms. The summed E-state index contributed by atoms with van der Waals surface area (Å²) < 4.78 is 0. The summed E-state index contributed by atoms with van der Waals surface area (Å²) in [5, 5.41) is 9.98. The van der Waals surface area contributed by atoms with Gasteiger partial charge in [0.05, 0.1) is 0 Å². The summed E-state index contributed by atoms with van der Waals surface area (Å²) in [5.41, 5.74) is 0. The first kappa shape index (κ1) is 11.1. The van der Waals surface area contributed by atoms with Gasteiger partial charge in [-0.05, 0) is 13.8 Å². The summed E-state index contributed by atoms with van der Waals surface area (Å²) in [6, 6.07) is 0. The topological polar surface area (TPSA) is 79.9 Å². The molecule has 0 unspecified atom stereocenters. The lowest BCUT2D eigenvalue weighted by atomic mass is 10.6. The van der Waals surface area contributed by atoms with Crippen molar-refractivity contribution in [3.05, 3.63) is 0 Å². The summed E-state index contributed by atoms with van der Waals surface area (Å²) in [6.45, 7) is 4.58. The Bertz CT molecular complexity index is 81.0. The third-order valence-electron chi connectivity index (χ3n) is 1.02. The Morgan fingerprint density at radius 1 is 1.44 bits per heavy atom. The van der Waals surface area contributed by atoms with Crippen LogP contribution < -0.4 is 11.3 Å². The number of carbonyl (C=O) groups excluding carboxylic acids is 1. The summed E-state index contributed by atoms with van der Waals surface area (Å²) in [5.74, 6) is 0. The lowest BCUT2D eigenvalue weighted by molar-refractivity contribution is -0.265. The zero-order valence-electron chi connectivity index (χ0n) is 6.18. The van der Waals surface area contributed by atoms with Crippen molar-refractivity contribution in [1.29, 1.82) is 0 Å². The van der Waals surface area contributed by atoms with E-state index in [4.69, 9.17) is 0 Å². The number of amides is 1. The molecule has 0 saturated heterocycles. The minimum Gasteiger partial charge on any atom is -0.530 e. The molecule has 4 N–H and O–H groups in total. The van der Waals surface area contributed by atoms with Gasteiger partial charge in [-0.15, -0.1) is 0 Å². The minimum absolute atomic E-state index is 0. The van der Waals surface area contributed by atoms with Crippen molar-refractivity contribution in [2.75, 3.05) is 13.1 Å². The number of rotatable bonds is 2. The Morgan fingerprint density at radius 3 is 1.78 bits per heavy atom. The average Bonchev–Trinajstić information content (AvgIpc) is 1.69. The van der Waals surface area contributed by atoms with Gasteiger partial charge in [0.15, 0.2) is 0 Å². The summed E-state index contributed by atoms with van der Waals surface area (Å²) in [7, 11) is 0. The molecule has 0 aliphatic carbocycles. The Balaban J connectivity index is 0. The maximum absolute atomic E-state index is 9.98. The molecule has 0 aliphatic heterocycles. The molecule has 0 saturated carbocycles. The molecule has 0 aliphatic rings. The lowest BCUT2D eigenvalue weighted by Crippen LogP contribution is -2.40. The number of carbonyl (C=O) groups is 1. The van der Waals surface area contributed by atoms with Gasteiger partial charge in [0.2, 0.25) is 0 Å². The second kappa shape index (κ2) is 5.37. The summed E-state index contributed by atoms with van der Waals surface area (Å²) in [4.78, 5) is 11.2. The fraction of sp³-hybridized carbons (Fsp3) is 0.800. The third kappa shape index (κ3) is 3.78. The maximum Gasteiger partial charge on any atom is 0.136 e. The van der Waals surface area contributed by atoms with Gasteiger partial charge in [-0.3, -0.25) is 0 Å². The van der Waals surface area contributed by atoms with Crippen LogP contribution in [0.5, 0.6) is 0 Å². The Hall–Kier alpha value is -0.770. The quantitative estimate of drug-likeness (QED) is 0.579. The van der Waals surface area contributed by atoms with Gasteiger partial charge in [0.25, 0.3) is 0 Å². The van der Waals surface area contributed by atoms with Crippen molar-refractivity contribution >= 4 is 6.09 Å². The monoisotopic (exact) mass is 134 g/mol. The average molecular weight is 134 g/mol. The van der Waals surface area contributed by atoms with E-state index < -0.39 is 6.09 Å². The van der Waals surface area contributed by atoms with Gasteiger partial charge in [0.1, 0.15) is 6.09 Å². The molecule has 0 radical (unpaired) electrons. The highest BCUT2D eigenvalue weighted by Crippen LogP contribution is 1.82. The van der Waals surface area contributed by atoms with Crippen LogP contribution in [-0.2, 0) is 0 Å². The van der Waals surface area contributed by atoms with Crippen LogP contribution in [-0.4, -0.2) is 24.1 Å². The SMILES string of the molecule is CCN(CC)C(=O)[O-].[NH4+]. The van der Waals surface area contributed by atoms with Crippen molar-refractivity contribution in [2.24, 2.45) is 0 Å². The number of hydrogen-bond acceptors (Lipinski definition) is 2. The number of quaternary nitrogens is 1. The van der Waals surface area contributed by atoms with Crippen molar-refractivity contribution in [2.45, 2.75) is 13.8 Å². The van der Waals surface area contributed by atoms with Gasteiger partial charge < -0.3 is 21.0 Å². The molecule has 0 atom stereocenters. The van der Waals surface area contributed by atoms with Gasteiger partial charge in [-0.2, -0.15) is 0 Å². The second-order valence-corrected chi connectivity index (χ2v) is 1.44. The molecule has 0 bridgehead atoms. The standard InChI is InChI=1S/C5H11NO2.H3N/c1-3-6(4-2)5(7)8;/h3-4H2,1-2H3,(H,7,8);1H3. The van der Waals surface area contributed by atoms with Crippen molar-refractivity contribution < 1.29 is 9.90 Å². The fourth-order valence-electron chi connectivity index (χ4n) is 0.482. The third-order valence-corrected chi connectivity index (χ3v) is 1.02. The summed E-state index contributed by atoms with van der Waals surface area (Å²) >= 11 is 0. The molecule has 0 heterocycles. The molecule has 0 spiro atoms. The van der Waals surface area contributed by atoms with E-state index in [2.05, 4.69) is 0 Å². The van der Waals surface area contributed by atoms with Gasteiger partial charge in [-0.25, -0.2) is 0 Å². The van der Waals surface area contributed by atoms with Gasteiger partial charge in [-0.1, -0.05) is 0 Å². The maximum atomic E-state index is 9.98. The highest BCUT2D eigenvalue weighted by Gasteiger charge is 1.93. The van der Waals surface area contributed by atoms with Crippen LogP contribution in [0.1, 0.15) is 13.8 Å². The molecule has 56 valence electrons. The first-order valence-corrected chi connectivity index (χ1v) is 2.68. The Labute approximate surface area is 55.1 Å². The van der Waals surface area contributed by atoms with Gasteiger partial charge >= 0.3 is 0 Å². The molecule has 1 amide bonds. The molecule has 0 aromatic carbocycles. The number of nitrogens with zero attached hydrogens (tertiary/aromatic N) is 1. The smallest absolute Gasteiger partial charge is 0.136 e. The largest absolute Gasteiger partial charge is 0.530 e. The molecule has 4 heteroatoms. The van der Waals surface area contributed by atoms with Crippen LogP contribution >= 0.6 is 0 Å². The van der Waals surface area contributed by atoms with Crippen LogP contribution in [0.15, 0.2) is 0 Å². The highest BCUT2D eigenvalue weighted by molar-refractivity contribution is 5.62. The molecular formula is C5H14N2O2. The van der Waals surface area contributed by atoms with E-state index in [1.165, 1.54) is 4.90 Å². The molecule has 4 nitrogen and oxygen atoms in total. The van der Waals surface area contributed by atoms with E-state index in [1.807, 2.05) is 0 Å². The van der Waals surface area contributed by atoms with Crippen LogP contribution in [0.25, 0.3) is 0 Å². The normalized spacial score (nSPS) is 7.78. The minimum atomic E-state index is -1.09. The van der Waals surface area contributed by atoms with E-state index in [0.29, 0.717) is 13.1 Å². The van der Waals surface area contributed by atoms with Crippen molar-refractivity contribution in [1.82, 2.24) is 11.1 Å². The zero-order valence-corrected chi connectivity index (χ0v) is 6.18. The van der Waals surface area contributed by atoms with Crippen molar-refractivity contribution in [3.8, 4) is 0 Å². The van der Waals surface area contributed by atoms with Crippen molar-refractivity contribution in [3.63, 3.8) is 0 Å². The predicted molar refractivity (Wildman–Crippen MR) is 34.3 cm³/mol. The van der Waals surface area contributed by atoms with Crippen LogP contribution in [0.4, 0.5) is 4.79 Å². The van der Waals surface area contributed by atoms with E-state index in [-0.39, 0.29) is 6.15 Å². The predicted octanol–water partition coefficient (Wildman–Crippen LogP) is 0.0477. The van der Waals surface area contributed by atoms with Crippen LogP contribution in [0.2, 0.25) is 0 Å². The van der Waals surface area contributed by atoms with E-state index in [0.717, 1.165) is 0 Å². The Morgan fingerprint density at radius 2 is 1.78 bits per heavy atom. The highest BCUT2D eigenvalue weighted by atomic mass is 16.4. The second-order valence-electron chi connectivity index (χ2n) is 1.44. The van der Waals surface area contributed by atoms with Gasteiger partial charge in [0, 0.05) is 13.1 Å². The zero-order chi connectivity index (χ0) is 6.57. The molecular weight excluding hydrogens is 120 g/mol. The van der Waals surface area contributed by atoms with Crippen LogP contribution in [0.3, 0.4) is 0 Å². The fourth-order valence-corrected chi connectivity index (χ4v) is 0.482. The van der Waals surface area contributed by atoms with E-state index >= 15 is 0 Å². The van der Waals surface area contributed by atoms with E-state index in [1.54, 1.807) is 13.8 Å². The molecule has 0 fully saturated rings. The number of hydrogen-bond donors (Lipinski definition) is 1. The summed E-state index contributed by atoms with van der Waals surface area (Å²) in [6.07, 6.45) is -1.09. The molecule has 0 aromatic rings.